The Balaban J connectivity index is 1.68. The van der Waals surface area contributed by atoms with E-state index in [-0.39, 0.29) is 11.8 Å². The minimum Gasteiger partial charge on any atom is -0.302 e. The number of nitrogens with zero attached hydrogens (tertiary/aromatic N) is 1. The molecule has 128 valence electrons. The van der Waals surface area contributed by atoms with Gasteiger partial charge in [-0.1, -0.05) is 36.9 Å². The minimum absolute atomic E-state index is 0.127. The van der Waals surface area contributed by atoms with Crippen LogP contribution in [0.4, 0.5) is 5.13 Å². The molecule has 2 aromatic rings. The second kappa shape index (κ2) is 7.98. The van der Waals surface area contributed by atoms with Crippen LogP contribution in [0.2, 0.25) is 5.02 Å². The maximum atomic E-state index is 12.4. The fourth-order valence-corrected chi connectivity index (χ4v) is 4.50. The SMILES string of the molecule is Cc1nc(NC(=O)C2CCCCC2)sc1Cc1ccc(Br)c(Cl)c1. The van der Waals surface area contributed by atoms with Gasteiger partial charge in [0.1, 0.15) is 0 Å². The van der Waals surface area contributed by atoms with Crippen LogP contribution in [0.25, 0.3) is 0 Å². The summed E-state index contributed by atoms with van der Waals surface area (Å²) in [6.45, 7) is 1.99. The van der Waals surface area contributed by atoms with Crippen molar-refractivity contribution in [2.24, 2.45) is 5.92 Å². The number of nitrogens with one attached hydrogen (secondary N) is 1. The zero-order valence-electron chi connectivity index (χ0n) is 13.6. The van der Waals surface area contributed by atoms with Crippen LogP contribution < -0.4 is 5.32 Å². The molecule has 3 nitrogen and oxygen atoms in total. The van der Waals surface area contributed by atoms with Crippen molar-refractivity contribution < 1.29 is 4.79 Å². The smallest absolute Gasteiger partial charge is 0.229 e. The van der Waals surface area contributed by atoms with E-state index in [1.54, 1.807) is 11.3 Å². The van der Waals surface area contributed by atoms with Gasteiger partial charge in [-0.15, -0.1) is 11.3 Å². The number of aromatic nitrogens is 1. The lowest BCUT2D eigenvalue weighted by molar-refractivity contribution is -0.120. The number of hydrogen-bond donors (Lipinski definition) is 1. The molecule has 1 fully saturated rings. The zero-order valence-corrected chi connectivity index (χ0v) is 16.7. The van der Waals surface area contributed by atoms with Crippen LogP contribution in [-0.4, -0.2) is 10.9 Å². The zero-order chi connectivity index (χ0) is 17.1. The van der Waals surface area contributed by atoms with Crippen molar-refractivity contribution in [2.75, 3.05) is 5.32 Å². The lowest BCUT2D eigenvalue weighted by atomic mass is 9.89. The number of rotatable bonds is 4. The number of amides is 1. The molecule has 24 heavy (non-hydrogen) atoms. The van der Waals surface area contributed by atoms with Crippen molar-refractivity contribution in [3.8, 4) is 0 Å². The molecule has 0 saturated heterocycles. The van der Waals surface area contributed by atoms with Gasteiger partial charge in [0.15, 0.2) is 5.13 Å². The number of benzene rings is 1. The van der Waals surface area contributed by atoms with Crippen LogP contribution in [0.1, 0.15) is 48.2 Å². The molecule has 1 aliphatic carbocycles. The summed E-state index contributed by atoms with van der Waals surface area (Å²) in [6.07, 6.45) is 6.34. The first-order valence-corrected chi connectivity index (χ1v) is 10.2. The van der Waals surface area contributed by atoms with Gasteiger partial charge in [-0.05, 0) is 53.4 Å². The van der Waals surface area contributed by atoms with Gasteiger partial charge in [0.2, 0.25) is 5.91 Å². The first kappa shape index (κ1) is 17.9. The summed E-state index contributed by atoms with van der Waals surface area (Å²) >= 11 is 11.1. The molecule has 0 unspecified atom stereocenters. The Morgan fingerprint density at radius 2 is 2.12 bits per heavy atom. The summed E-state index contributed by atoms with van der Waals surface area (Å²) in [6, 6.07) is 5.97. The molecule has 1 aromatic carbocycles. The average Bonchev–Trinajstić information content (AvgIpc) is 2.91. The van der Waals surface area contributed by atoms with Gasteiger partial charge in [0, 0.05) is 21.7 Å². The van der Waals surface area contributed by atoms with Crippen LogP contribution in [-0.2, 0) is 11.2 Å². The average molecular weight is 428 g/mol. The molecule has 1 N–H and O–H groups in total. The van der Waals surface area contributed by atoms with Crippen molar-refractivity contribution in [2.45, 2.75) is 45.4 Å². The molecular weight excluding hydrogens is 408 g/mol. The van der Waals surface area contributed by atoms with E-state index in [1.807, 2.05) is 19.1 Å². The van der Waals surface area contributed by atoms with E-state index in [4.69, 9.17) is 11.6 Å². The third-order valence-electron chi connectivity index (χ3n) is 4.45. The van der Waals surface area contributed by atoms with Gasteiger partial charge >= 0.3 is 0 Å². The van der Waals surface area contributed by atoms with Crippen molar-refractivity contribution in [3.05, 3.63) is 43.8 Å². The van der Waals surface area contributed by atoms with Gasteiger partial charge in [-0.25, -0.2) is 4.98 Å². The van der Waals surface area contributed by atoms with Crippen LogP contribution in [0.15, 0.2) is 22.7 Å². The Kier molecular flexibility index (Phi) is 5.95. The molecule has 3 rings (SSSR count). The van der Waals surface area contributed by atoms with Crippen molar-refractivity contribution in [1.82, 2.24) is 4.98 Å². The van der Waals surface area contributed by atoms with Crippen LogP contribution >= 0.6 is 38.9 Å². The third kappa shape index (κ3) is 4.38. The number of carbonyl (C=O) groups excluding carboxylic acids is 1. The molecule has 0 aliphatic heterocycles. The molecule has 0 spiro atoms. The van der Waals surface area contributed by atoms with Gasteiger partial charge < -0.3 is 5.32 Å². The number of aryl methyl sites for hydroxylation is 1. The van der Waals surface area contributed by atoms with Crippen molar-refractivity contribution >= 4 is 49.9 Å². The summed E-state index contributed by atoms with van der Waals surface area (Å²) in [7, 11) is 0. The molecule has 0 radical (unpaired) electrons. The first-order valence-electron chi connectivity index (χ1n) is 8.24. The van der Waals surface area contributed by atoms with E-state index >= 15 is 0 Å². The highest BCUT2D eigenvalue weighted by Gasteiger charge is 2.22. The van der Waals surface area contributed by atoms with Crippen LogP contribution in [0.5, 0.6) is 0 Å². The Hall–Kier alpha value is -0.910. The van der Waals surface area contributed by atoms with Crippen LogP contribution in [0.3, 0.4) is 0 Å². The Labute approximate surface area is 160 Å². The second-order valence-corrected chi connectivity index (χ2v) is 8.62. The van der Waals surface area contributed by atoms with E-state index in [2.05, 4.69) is 32.3 Å². The Bertz CT molecular complexity index is 741. The number of anilines is 1. The highest BCUT2D eigenvalue weighted by atomic mass is 79.9. The minimum atomic E-state index is 0.127. The number of hydrogen-bond acceptors (Lipinski definition) is 3. The number of carbonyl (C=O) groups is 1. The molecule has 1 aromatic heterocycles. The van der Waals surface area contributed by atoms with Crippen molar-refractivity contribution in [3.63, 3.8) is 0 Å². The molecule has 1 amide bonds. The van der Waals surface area contributed by atoms with E-state index in [9.17, 15) is 4.79 Å². The molecule has 0 atom stereocenters. The quantitative estimate of drug-likeness (QED) is 0.652. The van der Waals surface area contributed by atoms with Gasteiger partial charge in [0.25, 0.3) is 0 Å². The number of halogens is 2. The largest absolute Gasteiger partial charge is 0.302 e. The molecule has 0 bridgehead atoms. The topological polar surface area (TPSA) is 42.0 Å². The molecule has 1 aliphatic rings. The summed E-state index contributed by atoms with van der Waals surface area (Å²) in [4.78, 5) is 18.0. The molecule has 1 saturated carbocycles. The predicted octanol–water partition coefficient (Wildman–Crippen LogP) is 5.98. The highest BCUT2D eigenvalue weighted by molar-refractivity contribution is 9.10. The second-order valence-electron chi connectivity index (χ2n) is 6.28. The fourth-order valence-electron chi connectivity index (χ4n) is 3.05. The standard InChI is InChI=1S/C18H20BrClN2OS/c1-11-16(10-12-7-8-14(19)15(20)9-12)24-18(21-11)22-17(23)13-5-3-2-4-6-13/h7-9,13H,2-6,10H2,1H3,(H,21,22,23). The normalized spacial score (nSPS) is 15.5. The predicted molar refractivity (Wildman–Crippen MR) is 104 cm³/mol. The van der Waals surface area contributed by atoms with Gasteiger partial charge in [0.05, 0.1) is 10.7 Å². The maximum Gasteiger partial charge on any atom is 0.229 e. The van der Waals surface area contributed by atoms with Gasteiger partial charge in [-0.2, -0.15) is 0 Å². The summed E-state index contributed by atoms with van der Waals surface area (Å²) < 4.78 is 0.898. The Morgan fingerprint density at radius 1 is 1.38 bits per heavy atom. The fraction of sp³-hybridized carbons (Fsp3) is 0.444. The van der Waals surface area contributed by atoms with Crippen LogP contribution in [0, 0.1) is 12.8 Å². The van der Waals surface area contributed by atoms with E-state index in [0.717, 1.165) is 52.7 Å². The molecular formula is C18H20BrClN2OS. The summed E-state index contributed by atoms with van der Waals surface area (Å²) in [5.74, 6) is 0.276. The summed E-state index contributed by atoms with van der Waals surface area (Å²) in [5.41, 5.74) is 2.11. The maximum absolute atomic E-state index is 12.4. The lowest BCUT2D eigenvalue weighted by Gasteiger charge is -2.19. The van der Waals surface area contributed by atoms with E-state index < -0.39 is 0 Å². The van der Waals surface area contributed by atoms with E-state index in [1.165, 1.54) is 6.42 Å². The van der Waals surface area contributed by atoms with E-state index in [0.29, 0.717) is 10.2 Å². The van der Waals surface area contributed by atoms with Gasteiger partial charge in [-0.3, -0.25) is 4.79 Å². The molecule has 1 heterocycles. The number of thiazole rings is 1. The Morgan fingerprint density at radius 3 is 2.83 bits per heavy atom. The third-order valence-corrected chi connectivity index (χ3v) is 6.75. The lowest BCUT2D eigenvalue weighted by Crippen LogP contribution is -2.24. The monoisotopic (exact) mass is 426 g/mol. The highest BCUT2D eigenvalue weighted by Crippen LogP contribution is 2.30. The molecule has 6 heteroatoms. The van der Waals surface area contributed by atoms with Crippen molar-refractivity contribution in [1.29, 1.82) is 0 Å². The summed E-state index contributed by atoms with van der Waals surface area (Å²) in [5, 5.41) is 4.43. The first-order chi connectivity index (χ1) is 11.5.